The normalized spacial score (nSPS) is 20.5. The van der Waals surface area contributed by atoms with Gasteiger partial charge in [-0.25, -0.2) is 4.79 Å². The molecule has 28 N–H and O–H groups in total. The van der Waals surface area contributed by atoms with Crippen molar-refractivity contribution >= 4 is 154 Å². The van der Waals surface area contributed by atoms with Crippen LogP contribution in [0.1, 0.15) is 194 Å². The quantitative estimate of drug-likeness (QED) is 0.0251. The summed E-state index contributed by atoms with van der Waals surface area (Å²) in [5.74, 6) is -27.3. The van der Waals surface area contributed by atoms with E-state index in [4.69, 9.17) is 22.9 Å². The zero-order chi connectivity index (χ0) is 106. The van der Waals surface area contributed by atoms with E-state index in [1.807, 2.05) is 6.26 Å². The SMILES string of the molecule is CSCC[C@H](N)C(=O)N1CCC[C@H]1C(=O)N1CCC[C@H]1C(=O)N[C@@H](CCCCN)C(=O)N1CCC[C@H]1C(=O)N[C@@H](CC(=O)O)C(=O)N[C@@H](CC(N)=O)C(=O)N1CCC[C@H]1C(=O)N[C@@H](CO)C(=O)N1CCC[C@H]1C(=O)N[C@@H](CC(=O)O)C(=O)N[C@@H](C)C(=O)N[C@@H](CO)C(=O)N1CCC[C@H]1C(=O)N[C@@H](CCC(=O)O)C(=O)N[C@@H](CCC(=O)O)C(=O)N[C@@H](CC(C)C)C(=O)N[C@@H](CO)C(=O)N[C@@H](CCCCN)C(=O)O. The second-order valence-electron chi connectivity index (χ2n) is 36.2. The second kappa shape index (κ2) is 58.1. The van der Waals surface area contributed by atoms with Crippen LogP contribution in [0, 0.1) is 5.92 Å². The summed E-state index contributed by atoms with van der Waals surface area (Å²) in [7, 11) is 0. The van der Waals surface area contributed by atoms with Gasteiger partial charge in [0.15, 0.2) is 0 Å². The number of carbonyl (C=O) groups is 24. The van der Waals surface area contributed by atoms with Crippen molar-refractivity contribution in [3.63, 3.8) is 0 Å². The number of hydrogen-bond donors (Lipinski definition) is 24. The molecule has 0 aliphatic carbocycles. The van der Waals surface area contributed by atoms with Gasteiger partial charge in [-0.2, -0.15) is 11.8 Å². The minimum Gasteiger partial charge on any atom is -0.481 e. The molecule has 0 unspecified atom stereocenters. The monoisotopic (exact) mass is 2030 g/mol. The summed E-state index contributed by atoms with van der Waals surface area (Å²) >= 11 is 1.52. The van der Waals surface area contributed by atoms with Crippen LogP contribution in [0.4, 0.5) is 0 Å². The van der Waals surface area contributed by atoms with Crippen LogP contribution < -0.4 is 86.7 Å². The summed E-state index contributed by atoms with van der Waals surface area (Å²) < 4.78 is 0. The van der Waals surface area contributed by atoms with Crippen molar-refractivity contribution < 1.29 is 156 Å². The zero-order valence-corrected chi connectivity index (χ0v) is 80.7. The summed E-state index contributed by atoms with van der Waals surface area (Å²) in [6.45, 7) is 1.02. The Morgan fingerprint density at radius 2 is 0.634 bits per heavy atom. The number of hydrogen-bond acceptors (Lipinski definition) is 31. The Balaban J connectivity index is 1.06. The molecular formula is C87H138N22O32S. The second-order valence-corrected chi connectivity index (χ2v) is 37.2. The Bertz CT molecular complexity index is 4540. The molecule has 6 aliphatic rings. The number of unbranched alkanes of at least 4 members (excludes halogenated alkanes) is 2. The number of nitrogens with zero attached hydrogens (tertiary/aromatic N) is 6. The highest BCUT2D eigenvalue weighted by atomic mass is 32.2. The molecule has 0 radical (unpaired) electrons. The Morgan fingerprint density at radius 3 is 1.04 bits per heavy atom. The maximum atomic E-state index is 14.7. The van der Waals surface area contributed by atoms with Crippen molar-refractivity contribution in [1.29, 1.82) is 0 Å². The molecule has 0 bridgehead atoms. The highest BCUT2D eigenvalue weighted by Gasteiger charge is 2.49. The van der Waals surface area contributed by atoms with Gasteiger partial charge in [0.2, 0.25) is 112 Å². The minimum atomic E-state index is -2.04. The third-order valence-corrected chi connectivity index (χ3v) is 25.8. The maximum Gasteiger partial charge on any atom is 0.326 e. The number of carboxylic acid groups (broad SMARTS) is 5. The number of carbonyl (C=O) groups excluding carboxylic acids is 19. The van der Waals surface area contributed by atoms with Gasteiger partial charge in [-0.05, 0) is 179 Å². The van der Waals surface area contributed by atoms with E-state index in [-0.39, 0.29) is 129 Å². The molecule has 6 heterocycles. The van der Waals surface area contributed by atoms with Crippen LogP contribution in [-0.4, -0.2) is 411 Å². The van der Waals surface area contributed by atoms with Gasteiger partial charge in [0, 0.05) is 52.1 Å². The Morgan fingerprint density at radius 1 is 0.324 bits per heavy atom. The van der Waals surface area contributed by atoms with Crippen molar-refractivity contribution in [2.24, 2.45) is 28.9 Å². The fraction of sp³-hybridized carbons (Fsp3) is 0.724. The number of aliphatic hydroxyl groups excluding tert-OH is 3. The molecule has 6 saturated heterocycles. The van der Waals surface area contributed by atoms with Gasteiger partial charge in [-0.1, -0.05) is 13.8 Å². The first kappa shape index (κ1) is 118. The van der Waals surface area contributed by atoms with E-state index in [9.17, 15) is 156 Å². The first-order chi connectivity index (χ1) is 67.3. The van der Waals surface area contributed by atoms with E-state index < -0.39 is 322 Å². The summed E-state index contributed by atoms with van der Waals surface area (Å²) in [4.78, 5) is 334. The van der Waals surface area contributed by atoms with E-state index in [1.54, 1.807) is 13.8 Å². The van der Waals surface area contributed by atoms with E-state index in [2.05, 4.69) is 63.8 Å². The Kier molecular flexibility index (Phi) is 48.3. The Labute approximate surface area is 821 Å². The highest BCUT2D eigenvalue weighted by molar-refractivity contribution is 7.98. The fourth-order valence-corrected chi connectivity index (χ4v) is 18.3. The van der Waals surface area contributed by atoms with Gasteiger partial charge >= 0.3 is 29.8 Å². The maximum absolute atomic E-state index is 14.7. The van der Waals surface area contributed by atoms with Gasteiger partial charge in [0.25, 0.3) is 0 Å². The number of aliphatic carboxylic acids is 5. The number of thioether (sulfide) groups is 1. The van der Waals surface area contributed by atoms with E-state index >= 15 is 0 Å². The summed E-state index contributed by atoms with van der Waals surface area (Å²) in [6, 6.07) is -30.1. The molecule has 142 heavy (non-hydrogen) atoms. The van der Waals surface area contributed by atoms with E-state index in [0.29, 0.717) is 63.7 Å². The molecule has 19 atom stereocenters. The van der Waals surface area contributed by atoms with Crippen molar-refractivity contribution in [2.75, 3.05) is 84.2 Å². The molecule has 6 aliphatic heterocycles. The molecule has 55 heteroatoms. The van der Waals surface area contributed by atoms with Crippen LogP contribution in [-0.2, 0) is 115 Å². The smallest absolute Gasteiger partial charge is 0.326 e. The molecule has 0 aromatic heterocycles. The van der Waals surface area contributed by atoms with Gasteiger partial charge < -0.3 is 157 Å². The van der Waals surface area contributed by atoms with Gasteiger partial charge in [0.1, 0.15) is 109 Å². The highest BCUT2D eigenvalue weighted by Crippen LogP contribution is 2.30. The first-order valence-corrected chi connectivity index (χ1v) is 49.0. The van der Waals surface area contributed by atoms with Crippen LogP contribution >= 0.6 is 11.8 Å². The van der Waals surface area contributed by atoms with Crippen LogP contribution in [0.3, 0.4) is 0 Å². The predicted molar refractivity (Wildman–Crippen MR) is 494 cm³/mol. The predicted octanol–water partition coefficient (Wildman–Crippen LogP) is -10.2. The number of likely N-dealkylation sites (tertiary alicyclic amines) is 6. The topological polar surface area (TPSA) is 839 Å². The van der Waals surface area contributed by atoms with Crippen molar-refractivity contribution in [1.82, 2.24) is 93.2 Å². The van der Waals surface area contributed by atoms with Gasteiger partial charge in [-0.3, -0.25) is 110 Å². The van der Waals surface area contributed by atoms with E-state index in [1.165, 1.54) is 21.6 Å². The first-order valence-electron chi connectivity index (χ1n) is 47.6. The fourth-order valence-electron chi connectivity index (χ4n) is 17.8. The molecule has 0 aromatic rings. The molecule has 6 rings (SSSR count). The van der Waals surface area contributed by atoms with Crippen molar-refractivity contribution in [2.45, 2.75) is 309 Å². The largest absolute Gasteiger partial charge is 0.481 e. The average Bonchev–Trinajstić information content (AvgIpc) is 1.69. The number of primary amides is 1. The van der Waals surface area contributed by atoms with Crippen molar-refractivity contribution in [3.05, 3.63) is 0 Å². The third kappa shape index (κ3) is 34.9. The number of rotatable bonds is 59. The minimum absolute atomic E-state index is 0.0191. The number of carboxylic acids is 5. The lowest BCUT2D eigenvalue weighted by Crippen LogP contribution is -2.61. The molecule has 6 fully saturated rings. The lowest BCUT2D eigenvalue weighted by molar-refractivity contribution is -0.148. The van der Waals surface area contributed by atoms with Crippen LogP contribution in [0.25, 0.3) is 0 Å². The summed E-state index contributed by atoms with van der Waals surface area (Å²) in [5.41, 5.74) is 23.1. The van der Waals surface area contributed by atoms with Crippen LogP contribution in [0.15, 0.2) is 0 Å². The molecular weight excluding hydrogens is 1900 g/mol. The average molecular weight is 2040 g/mol. The standard InChI is InChI=1S/C87H138N22O32S/c1-44(2)37-51(73(126)101-55(41-110)75(128)96-50(87(140)141)16-6-8-29-89)97-71(124)47(23-25-65(114)115)93-70(123)48(24-26-66(116)117)94-76(129)58-17-11-32-106(58)84(137)56(42-111)102-69(122)45(3)92-72(125)52(39-67(118)119)98-79(132)60-19-12-33-107(60)85(138)57(43-112)103-80(133)61-20-10-31-105(61)83(136)54(38-64(91)113)100-74(127)53(40-68(120)121)99-78(131)59-18-9-30-104(59)82(135)49(15-5-7-28-88)95-77(130)62-21-13-34-108(62)86(139)63-22-14-35-109(63)81(134)46(90)27-36-142-4/h44-63,110-112H,5-43,88-90H2,1-4H3,(H2,91,113)(H,92,125)(H,93,123)(H,94,129)(H,95,130)(H,96,128)(H,97,124)(H,98,132)(H,99,131)(H,100,127)(H,101,126)(H,102,122)(H,103,133)(H,114,115)(H,116,117)(H,118,119)(H,120,121)(H,140,141)/t45-,46-,47-,48-,49-,50-,51-,52-,53-,54-,55-,56-,57-,58-,59-,60-,61-,62-,63-/m0/s1. The number of nitrogens with one attached hydrogen (secondary N) is 12. The lowest BCUT2D eigenvalue weighted by Gasteiger charge is -2.33. The van der Waals surface area contributed by atoms with Crippen LogP contribution in [0.2, 0.25) is 0 Å². The summed E-state index contributed by atoms with van der Waals surface area (Å²) in [5, 5.41) is 108. The lowest BCUT2D eigenvalue weighted by atomic mass is 10.0. The molecule has 54 nitrogen and oxygen atoms in total. The molecule has 0 aromatic carbocycles. The number of aliphatic hydroxyl groups is 3. The molecule has 19 amide bonds. The van der Waals surface area contributed by atoms with Gasteiger partial charge in [0.05, 0.1) is 45.1 Å². The van der Waals surface area contributed by atoms with E-state index in [0.717, 1.165) is 26.5 Å². The Hall–Kier alpha value is -12.6. The molecule has 0 spiro atoms. The van der Waals surface area contributed by atoms with Crippen molar-refractivity contribution in [3.8, 4) is 0 Å². The van der Waals surface area contributed by atoms with Crippen LogP contribution in [0.5, 0.6) is 0 Å². The third-order valence-electron chi connectivity index (χ3n) is 25.2. The molecule has 0 saturated carbocycles. The number of amides is 19. The summed E-state index contributed by atoms with van der Waals surface area (Å²) in [6.07, 6.45) is -1.36. The number of nitrogens with two attached hydrogens (primary N) is 4. The zero-order valence-electron chi connectivity index (χ0n) is 79.9. The van der Waals surface area contributed by atoms with Gasteiger partial charge in [-0.15, -0.1) is 0 Å². The molecule has 794 valence electrons.